The van der Waals surface area contributed by atoms with Crippen molar-refractivity contribution in [2.45, 2.75) is 26.4 Å². The maximum Gasteiger partial charge on any atom is 0.271 e. The Bertz CT molecular complexity index is 1270. The zero-order valence-electron chi connectivity index (χ0n) is 21.2. The van der Waals surface area contributed by atoms with Crippen LogP contribution in [0, 0.1) is 6.92 Å². The largest absolute Gasteiger partial charge is 0.474 e. The Morgan fingerprint density at radius 2 is 1.72 bits per heavy atom. The van der Waals surface area contributed by atoms with Crippen molar-refractivity contribution in [1.82, 2.24) is 24.8 Å². The molecule has 5 heterocycles. The van der Waals surface area contributed by atoms with Gasteiger partial charge in [-0.3, -0.25) is 9.69 Å². The number of aromatic nitrogens is 4. The van der Waals surface area contributed by atoms with Gasteiger partial charge in [0.2, 0.25) is 5.95 Å². The van der Waals surface area contributed by atoms with E-state index in [4.69, 9.17) is 4.74 Å². The summed E-state index contributed by atoms with van der Waals surface area (Å²) in [6.45, 7) is 9.41. The molecule has 11 nitrogen and oxygen atoms in total. The van der Waals surface area contributed by atoms with Gasteiger partial charge in [-0.1, -0.05) is 0 Å². The van der Waals surface area contributed by atoms with Crippen LogP contribution in [0.4, 0.5) is 34.9 Å². The van der Waals surface area contributed by atoms with Gasteiger partial charge in [0.25, 0.3) is 5.91 Å². The highest BCUT2D eigenvalue weighted by Crippen LogP contribution is 2.36. The summed E-state index contributed by atoms with van der Waals surface area (Å²) in [4.78, 5) is 36.9. The van der Waals surface area contributed by atoms with Gasteiger partial charge < -0.3 is 25.2 Å². The number of hydrogen-bond donors (Lipinski definition) is 2. The molecule has 0 saturated carbocycles. The number of pyridine rings is 2. The van der Waals surface area contributed by atoms with Gasteiger partial charge in [-0.2, -0.15) is 4.98 Å². The van der Waals surface area contributed by atoms with Gasteiger partial charge in [0.15, 0.2) is 17.2 Å². The third-order valence-electron chi connectivity index (χ3n) is 6.39. The predicted octanol–water partition coefficient (Wildman–Crippen LogP) is 2.95. The number of hydrogen-bond acceptors (Lipinski definition) is 10. The van der Waals surface area contributed by atoms with Gasteiger partial charge >= 0.3 is 0 Å². The number of ether oxygens (including phenoxy) is 1. The van der Waals surface area contributed by atoms with E-state index in [-0.39, 0.29) is 5.91 Å². The van der Waals surface area contributed by atoms with Crippen molar-refractivity contribution < 1.29 is 9.53 Å². The molecular weight excluding hydrogens is 458 g/mol. The summed E-state index contributed by atoms with van der Waals surface area (Å²) in [5.74, 6) is 3.41. The number of nitrogens with one attached hydrogen (secondary N) is 2. The van der Waals surface area contributed by atoms with Crippen molar-refractivity contribution in [3.63, 3.8) is 0 Å². The van der Waals surface area contributed by atoms with E-state index in [2.05, 4.69) is 47.4 Å². The Labute approximate surface area is 210 Å². The summed E-state index contributed by atoms with van der Waals surface area (Å²) in [6.07, 6.45) is 3.53. The minimum atomic E-state index is -0.931. The van der Waals surface area contributed by atoms with Crippen LogP contribution in [0.2, 0.25) is 0 Å². The minimum absolute atomic E-state index is 0.156. The fraction of sp³-hybridized carbons (Fsp3) is 0.400. The summed E-state index contributed by atoms with van der Waals surface area (Å²) in [5, 5.41) is 6.46. The molecular formula is C25H31N9O2. The number of rotatable bonds is 5. The highest BCUT2D eigenvalue weighted by atomic mass is 16.5. The van der Waals surface area contributed by atoms with Gasteiger partial charge in [0, 0.05) is 45.0 Å². The molecule has 0 bridgehead atoms. The van der Waals surface area contributed by atoms with E-state index in [9.17, 15) is 4.79 Å². The molecule has 2 aliphatic rings. The molecule has 1 fully saturated rings. The monoisotopic (exact) mass is 489 g/mol. The third kappa shape index (κ3) is 4.74. The maximum atomic E-state index is 12.6. The Balaban J connectivity index is 1.30. The van der Waals surface area contributed by atoms with Gasteiger partial charge in [0.05, 0.1) is 11.9 Å². The second kappa shape index (κ2) is 9.23. The lowest BCUT2D eigenvalue weighted by atomic mass is 10.1. The van der Waals surface area contributed by atoms with Crippen LogP contribution in [0.3, 0.4) is 0 Å². The van der Waals surface area contributed by atoms with Crippen LogP contribution in [-0.4, -0.2) is 76.6 Å². The topological polar surface area (TPSA) is 112 Å². The normalized spacial score (nSPS) is 17.4. The molecule has 0 spiro atoms. The number of likely N-dealkylation sites (N-methyl/N-ethyl adjacent to an activating group) is 2. The highest BCUT2D eigenvalue weighted by molar-refractivity contribution is 6.01. The van der Waals surface area contributed by atoms with Crippen LogP contribution < -0.4 is 25.2 Å². The van der Waals surface area contributed by atoms with E-state index in [0.717, 1.165) is 43.2 Å². The van der Waals surface area contributed by atoms with Crippen molar-refractivity contribution in [3.8, 4) is 5.75 Å². The van der Waals surface area contributed by atoms with Gasteiger partial charge in [-0.15, -0.1) is 0 Å². The van der Waals surface area contributed by atoms with Gasteiger partial charge in [-0.05, 0) is 52.1 Å². The molecule has 2 N–H and O–H groups in total. The molecule has 0 aromatic carbocycles. The van der Waals surface area contributed by atoms with E-state index in [0.29, 0.717) is 29.2 Å². The van der Waals surface area contributed by atoms with Gasteiger partial charge in [0.1, 0.15) is 17.5 Å². The average molecular weight is 490 g/mol. The van der Waals surface area contributed by atoms with Crippen LogP contribution in [0.1, 0.15) is 19.4 Å². The molecule has 3 aromatic rings. The zero-order valence-corrected chi connectivity index (χ0v) is 21.2. The Kier molecular flexibility index (Phi) is 6.09. The Hall–Kier alpha value is -3.99. The van der Waals surface area contributed by atoms with E-state index < -0.39 is 5.60 Å². The lowest BCUT2D eigenvalue weighted by Crippen LogP contribution is -2.51. The Morgan fingerprint density at radius 1 is 0.944 bits per heavy atom. The first kappa shape index (κ1) is 23.7. The number of amides is 1. The number of piperazine rings is 1. The second-order valence-electron chi connectivity index (χ2n) is 9.67. The van der Waals surface area contributed by atoms with Crippen LogP contribution >= 0.6 is 0 Å². The number of carbonyl (C=O) groups excluding carboxylic acids is 1. The summed E-state index contributed by atoms with van der Waals surface area (Å²) in [6, 6.07) is 7.60. The van der Waals surface area contributed by atoms with Crippen molar-refractivity contribution in [2.24, 2.45) is 0 Å². The third-order valence-corrected chi connectivity index (χ3v) is 6.39. The Morgan fingerprint density at radius 3 is 2.44 bits per heavy atom. The van der Waals surface area contributed by atoms with E-state index in [1.54, 1.807) is 45.4 Å². The van der Waals surface area contributed by atoms with Crippen molar-refractivity contribution in [3.05, 3.63) is 42.2 Å². The van der Waals surface area contributed by atoms with Crippen molar-refractivity contribution >= 4 is 40.8 Å². The zero-order chi connectivity index (χ0) is 25.4. The minimum Gasteiger partial charge on any atom is -0.474 e. The SMILES string of the molecule is Cc1cnc(Nc2ccc(N3CCN(C)CC3)nc2)nc1Nc1ccc2c(n1)N(C)C(=O)C(C)(C)O2. The first-order valence-electron chi connectivity index (χ1n) is 11.9. The number of fused-ring (bicyclic) bond motifs is 1. The van der Waals surface area contributed by atoms with Crippen LogP contribution in [0.5, 0.6) is 5.75 Å². The van der Waals surface area contributed by atoms with E-state index in [1.807, 2.05) is 19.1 Å². The highest BCUT2D eigenvalue weighted by Gasteiger charge is 2.40. The lowest BCUT2D eigenvalue weighted by molar-refractivity contribution is -0.132. The molecule has 188 valence electrons. The first-order valence-corrected chi connectivity index (χ1v) is 11.9. The van der Waals surface area contributed by atoms with E-state index >= 15 is 0 Å². The second-order valence-corrected chi connectivity index (χ2v) is 9.67. The lowest BCUT2D eigenvalue weighted by Gasteiger charge is -2.36. The molecule has 36 heavy (non-hydrogen) atoms. The van der Waals surface area contributed by atoms with E-state index in [1.165, 1.54) is 4.90 Å². The molecule has 11 heteroatoms. The molecule has 1 amide bonds. The summed E-state index contributed by atoms with van der Waals surface area (Å²) >= 11 is 0. The molecule has 0 aliphatic carbocycles. The standard InChI is InChI=1S/C25H31N9O2/c1-16-14-27-24(28-17-6-9-20(26-15-17)34-12-10-32(4)11-13-34)31-21(16)29-19-8-7-18-22(30-19)33(5)23(35)25(2,3)36-18/h6-9,14-15H,10-13H2,1-5H3,(H2,27,28,29,30,31). The molecule has 0 radical (unpaired) electrons. The summed E-state index contributed by atoms with van der Waals surface area (Å²) in [5.41, 5.74) is 0.722. The molecule has 0 unspecified atom stereocenters. The number of anilines is 6. The van der Waals surface area contributed by atoms with Gasteiger partial charge in [-0.25, -0.2) is 15.0 Å². The molecule has 0 atom stereocenters. The number of aryl methyl sites for hydroxylation is 1. The molecule has 5 rings (SSSR count). The van der Waals surface area contributed by atoms with Crippen LogP contribution in [0.25, 0.3) is 0 Å². The quantitative estimate of drug-likeness (QED) is 0.555. The van der Waals surface area contributed by atoms with Crippen molar-refractivity contribution in [2.75, 3.05) is 60.7 Å². The van der Waals surface area contributed by atoms with Crippen LogP contribution in [0.15, 0.2) is 36.7 Å². The fourth-order valence-corrected chi connectivity index (χ4v) is 4.21. The summed E-state index contributed by atoms with van der Waals surface area (Å²) in [7, 11) is 3.84. The molecule has 3 aromatic heterocycles. The molecule has 2 aliphatic heterocycles. The maximum absolute atomic E-state index is 12.6. The average Bonchev–Trinajstić information content (AvgIpc) is 2.86. The molecule has 1 saturated heterocycles. The van der Waals surface area contributed by atoms with Crippen molar-refractivity contribution in [1.29, 1.82) is 0 Å². The predicted molar refractivity (Wildman–Crippen MR) is 140 cm³/mol. The number of carbonyl (C=O) groups is 1. The first-order chi connectivity index (χ1) is 17.2. The van der Waals surface area contributed by atoms with Crippen LogP contribution in [-0.2, 0) is 4.79 Å². The summed E-state index contributed by atoms with van der Waals surface area (Å²) < 4.78 is 5.84. The fourth-order valence-electron chi connectivity index (χ4n) is 4.21. The number of nitrogens with zero attached hydrogens (tertiary/aromatic N) is 7. The smallest absolute Gasteiger partial charge is 0.271 e.